The quantitative estimate of drug-likeness (QED) is 0.883. The highest BCUT2D eigenvalue weighted by Crippen LogP contribution is 2.25. The van der Waals surface area contributed by atoms with Crippen molar-refractivity contribution in [3.05, 3.63) is 23.9 Å². The second-order valence-corrected chi connectivity index (χ2v) is 8.97. The van der Waals surface area contributed by atoms with Gasteiger partial charge in [-0.1, -0.05) is 19.9 Å². The normalized spacial score (nSPS) is 20.0. The van der Waals surface area contributed by atoms with Gasteiger partial charge >= 0.3 is 0 Å². The third kappa shape index (κ3) is 4.59. The topological polar surface area (TPSA) is 62.3 Å². The minimum absolute atomic E-state index is 0.429. The summed E-state index contributed by atoms with van der Waals surface area (Å²) in [4.78, 5) is 6.36. The number of aromatic nitrogens is 1. The van der Waals surface area contributed by atoms with Gasteiger partial charge in [0.1, 0.15) is 11.2 Å². The number of anilines is 1. The minimum atomic E-state index is -3.10. The molecule has 2 rings (SSSR count). The number of thioether (sulfide) groups is 1. The second-order valence-electron chi connectivity index (χ2n) is 5.61. The first-order valence-electron chi connectivity index (χ1n) is 7.09. The first-order valence-corrected chi connectivity index (χ1v) is 10.2. The molecule has 0 radical (unpaired) electrons. The third-order valence-corrected chi connectivity index (χ3v) is 6.04. The van der Waals surface area contributed by atoms with E-state index in [0.29, 0.717) is 11.8 Å². The SMILES string of the molecule is CC(C)NCc1ccc(N2CCSCC2S(C)(=O)=O)nc1. The molecule has 1 unspecified atom stereocenters. The van der Waals surface area contributed by atoms with Crippen molar-refractivity contribution in [1.29, 1.82) is 0 Å². The summed E-state index contributed by atoms with van der Waals surface area (Å²) in [6.07, 6.45) is 3.13. The van der Waals surface area contributed by atoms with Gasteiger partial charge in [-0.3, -0.25) is 0 Å². The molecule has 5 nitrogen and oxygen atoms in total. The zero-order valence-electron chi connectivity index (χ0n) is 12.7. The van der Waals surface area contributed by atoms with Crippen LogP contribution in [0.15, 0.2) is 18.3 Å². The van der Waals surface area contributed by atoms with Gasteiger partial charge in [0.2, 0.25) is 0 Å². The van der Waals surface area contributed by atoms with Crippen LogP contribution in [0.4, 0.5) is 5.82 Å². The number of nitrogens with zero attached hydrogens (tertiary/aromatic N) is 2. The van der Waals surface area contributed by atoms with Gasteiger partial charge in [0.15, 0.2) is 9.84 Å². The maximum absolute atomic E-state index is 11.9. The van der Waals surface area contributed by atoms with Crippen molar-refractivity contribution >= 4 is 27.4 Å². The summed E-state index contributed by atoms with van der Waals surface area (Å²) in [5, 5.41) is 2.87. The molecule has 21 heavy (non-hydrogen) atoms. The van der Waals surface area contributed by atoms with Crippen molar-refractivity contribution in [3.8, 4) is 0 Å². The lowest BCUT2D eigenvalue weighted by Crippen LogP contribution is -2.47. The van der Waals surface area contributed by atoms with Crippen LogP contribution >= 0.6 is 11.8 Å². The average molecular weight is 329 g/mol. The largest absolute Gasteiger partial charge is 0.338 e. The van der Waals surface area contributed by atoms with E-state index in [2.05, 4.69) is 24.1 Å². The summed E-state index contributed by atoms with van der Waals surface area (Å²) < 4.78 is 23.8. The van der Waals surface area contributed by atoms with Gasteiger partial charge in [0.05, 0.1) is 0 Å². The van der Waals surface area contributed by atoms with E-state index in [1.807, 2.05) is 23.2 Å². The van der Waals surface area contributed by atoms with Crippen molar-refractivity contribution in [3.63, 3.8) is 0 Å². The Morgan fingerprint density at radius 3 is 2.81 bits per heavy atom. The minimum Gasteiger partial charge on any atom is -0.338 e. The van der Waals surface area contributed by atoms with E-state index in [1.165, 1.54) is 6.26 Å². The van der Waals surface area contributed by atoms with E-state index in [-0.39, 0.29) is 0 Å². The van der Waals surface area contributed by atoms with Crippen LogP contribution < -0.4 is 10.2 Å². The molecule has 0 amide bonds. The molecule has 0 aromatic carbocycles. The number of pyridine rings is 1. The van der Waals surface area contributed by atoms with E-state index in [1.54, 1.807) is 11.8 Å². The van der Waals surface area contributed by atoms with E-state index in [9.17, 15) is 8.42 Å². The molecule has 0 spiro atoms. The van der Waals surface area contributed by atoms with Crippen molar-refractivity contribution < 1.29 is 8.42 Å². The molecular formula is C14H23N3O2S2. The van der Waals surface area contributed by atoms with Gasteiger partial charge < -0.3 is 10.2 Å². The lowest BCUT2D eigenvalue weighted by Gasteiger charge is -2.34. The first-order chi connectivity index (χ1) is 9.88. The van der Waals surface area contributed by atoms with Gasteiger partial charge in [-0.25, -0.2) is 13.4 Å². The number of rotatable bonds is 5. The summed E-state index contributed by atoms with van der Waals surface area (Å²) in [7, 11) is -3.10. The fraction of sp³-hybridized carbons (Fsp3) is 0.643. The smallest absolute Gasteiger partial charge is 0.169 e. The van der Waals surface area contributed by atoms with Crippen molar-refractivity contribution in [2.45, 2.75) is 31.8 Å². The van der Waals surface area contributed by atoms with Crippen LogP contribution in [0.25, 0.3) is 0 Å². The Hall–Kier alpha value is -0.790. The van der Waals surface area contributed by atoms with Gasteiger partial charge in [-0.2, -0.15) is 11.8 Å². The molecule has 0 aliphatic carbocycles. The second kappa shape index (κ2) is 6.98. The zero-order valence-corrected chi connectivity index (χ0v) is 14.4. The van der Waals surface area contributed by atoms with E-state index in [0.717, 1.165) is 30.2 Å². The summed E-state index contributed by atoms with van der Waals surface area (Å²) in [6, 6.07) is 4.36. The molecule has 1 aromatic heterocycles. The average Bonchev–Trinajstić information content (AvgIpc) is 2.45. The van der Waals surface area contributed by atoms with Crippen LogP contribution in [0, 0.1) is 0 Å². The number of nitrogens with one attached hydrogen (secondary N) is 1. The van der Waals surface area contributed by atoms with Crippen LogP contribution in [0.2, 0.25) is 0 Å². The highest BCUT2D eigenvalue weighted by atomic mass is 32.2. The molecule has 1 aromatic rings. The van der Waals surface area contributed by atoms with Gasteiger partial charge in [0.25, 0.3) is 0 Å². The first kappa shape index (κ1) is 16.6. The molecule has 1 aliphatic heterocycles. The lowest BCUT2D eigenvalue weighted by atomic mass is 10.2. The predicted octanol–water partition coefficient (Wildman–Crippen LogP) is 1.50. The molecule has 118 valence electrons. The Morgan fingerprint density at radius 2 is 2.24 bits per heavy atom. The number of hydrogen-bond acceptors (Lipinski definition) is 6. The van der Waals surface area contributed by atoms with Gasteiger partial charge in [-0.15, -0.1) is 0 Å². The molecule has 1 N–H and O–H groups in total. The maximum atomic E-state index is 11.9. The summed E-state index contributed by atoms with van der Waals surface area (Å²) in [5.74, 6) is 2.29. The van der Waals surface area contributed by atoms with Crippen LogP contribution in [-0.4, -0.2) is 49.1 Å². The molecule has 0 saturated carbocycles. The molecule has 1 aliphatic rings. The van der Waals surface area contributed by atoms with E-state index >= 15 is 0 Å². The van der Waals surface area contributed by atoms with Crippen LogP contribution in [-0.2, 0) is 16.4 Å². The van der Waals surface area contributed by atoms with Crippen molar-refractivity contribution in [1.82, 2.24) is 10.3 Å². The predicted molar refractivity (Wildman–Crippen MR) is 89.5 cm³/mol. The summed E-state index contributed by atoms with van der Waals surface area (Å²) in [5.41, 5.74) is 1.11. The van der Waals surface area contributed by atoms with Gasteiger partial charge in [-0.05, 0) is 11.6 Å². The molecule has 7 heteroatoms. The van der Waals surface area contributed by atoms with Crippen molar-refractivity contribution in [2.75, 3.05) is 29.2 Å². The summed E-state index contributed by atoms with van der Waals surface area (Å²) >= 11 is 1.68. The molecule has 2 heterocycles. The third-order valence-electron chi connectivity index (χ3n) is 3.40. The monoisotopic (exact) mass is 329 g/mol. The Balaban J connectivity index is 2.12. The van der Waals surface area contributed by atoms with Crippen LogP contribution in [0.1, 0.15) is 19.4 Å². The fourth-order valence-corrected chi connectivity index (χ4v) is 5.04. The highest BCUT2D eigenvalue weighted by Gasteiger charge is 2.31. The number of sulfone groups is 1. The Morgan fingerprint density at radius 1 is 1.48 bits per heavy atom. The number of hydrogen-bond donors (Lipinski definition) is 1. The molecule has 0 bridgehead atoms. The molecule has 1 fully saturated rings. The van der Waals surface area contributed by atoms with E-state index < -0.39 is 15.2 Å². The van der Waals surface area contributed by atoms with E-state index in [4.69, 9.17) is 0 Å². The molecule has 1 saturated heterocycles. The Kier molecular flexibility index (Phi) is 5.51. The molecular weight excluding hydrogens is 306 g/mol. The zero-order chi connectivity index (χ0) is 15.5. The molecule has 1 atom stereocenters. The highest BCUT2D eigenvalue weighted by molar-refractivity contribution is 8.01. The maximum Gasteiger partial charge on any atom is 0.169 e. The van der Waals surface area contributed by atoms with Crippen molar-refractivity contribution in [2.24, 2.45) is 0 Å². The Labute approximate surface area is 131 Å². The fourth-order valence-electron chi connectivity index (χ4n) is 2.21. The summed E-state index contributed by atoms with van der Waals surface area (Å²) in [6.45, 7) is 5.70. The van der Waals surface area contributed by atoms with Crippen LogP contribution in [0.3, 0.4) is 0 Å². The Bertz CT molecular complexity index is 558. The standard InChI is InChI=1S/C14H23N3O2S2/c1-11(2)15-8-12-4-5-13(16-9-12)17-6-7-20-10-14(17)21(3,18)19/h4-5,9,11,14-15H,6-8,10H2,1-3H3. The van der Waals surface area contributed by atoms with Crippen LogP contribution in [0.5, 0.6) is 0 Å². The lowest BCUT2D eigenvalue weighted by molar-refractivity contribution is 0.582. The van der Waals surface area contributed by atoms with Gasteiger partial charge in [0, 0.05) is 43.1 Å².